The number of fused-ring (bicyclic) bond motifs is 4. The van der Waals surface area contributed by atoms with Crippen molar-refractivity contribution >= 4 is 60.3 Å². The molecule has 0 radical (unpaired) electrons. The van der Waals surface area contributed by atoms with E-state index in [0.29, 0.717) is 11.5 Å². The molecule has 292 valence electrons. The van der Waals surface area contributed by atoms with Crippen LogP contribution in [-0.4, -0.2) is 15.7 Å². The molecule has 62 heavy (non-hydrogen) atoms. The Morgan fingerprint density at radius 1 is 0.452 bits per heavy atom. The molecule has 1 aliphatic rings. The van der Waals surface area contributed by atoms with Crippen LogP contribution in [0.5, 0.6) is 0 Å². The van der Waals surface area contributed by atoms with E-state index in [1.807, 2.05) is 65.9 Å². The van der Waals surface area contributed by atoms with Crippen LogP contribution in [0.4, 0.5) is 0 Å². The summed E-state index contributed by atoms with van der Waals surface area (Å²) in [6.07, 6.45) is 2.19. The van der Waals surface area contributed by atoms with Gasteiger partial charge in [-0.25, -0.2) is 9.97 Å². The van der Waals surface area contributed by atoms with Gasteiger partial charge < -0.3 is 5.32 Å². The van der Waals surface area contributed by atoms with Crippen LogP contribution in [-0.2, 0) is 0 Å². The fourth-order valence-electron chi connectivity index (χ4n) is 8.51. The number of hydrogen-bond donors (Lipinski definition) is 2. The summed E-state index contributed by atoms with van der Waals surface area (Å²) in [4.78, 5) is 10.4. The summed E-state index contributed by atoms with van der Waals surface area (Å²) in [6, 6.07) is 73.5. The van der Waals surface area contributed by atoms with Gasteiger partial charge in [-0.05, 0) is 58.2 Å². The van der Waals surface area contributed by atoms with Gasteiger partial charge in [-0.15, -0.1) is 11.3 Å². The van der Waals surface area contributed by atoms with E-state index < -0.39 is 0 Å². The molecule has 11 rings (SSSR count). The lowest BCUT2D eigenvalue weighted by Crippen LogP contribution is -2.20. The summed E-state index contributed by atoms with van der Waals surface area (Å²) < 4.78 is 2.57. The highest BCUT2D eigenvalue weighted by Crippen LogP contribution is 2.41. The average Bonchev–Trinajstić information content (AvgIpc) is 3.74. The molecular weight excluding hydrogens is 773 g/mol. The number of aromatic nitrogens is 2. The first-order valence-corrected chi connectivity index (χ1v) is 21.5. The maximum absolute atomic E-state index is 9.75. The second-order valence-electron chi connectivity index (χ2n) is 15.4. The molecule has 0 aliphatic carbocycles. The zero-order chi connectivity index (χ0) is 41.4. The van der Waals surface area contributed by atoms with Crippen molar-refractivity contribution in [3.05, 3.63) is 240 Å². The van der Waals surface area contributed by atoms with Gasteiger partial charge in [0, 0.05) is 59.3 Å². The summed E-state index contributed by atoms with van der Waals surface area (Å²) in [5.41, 5.74) is 15.1. The Morgan fingerprint density at radius 2 is 1.05 bits per heavy atom. The van der Waals surface area contributed by atoms with Gasteiger partial charge in [0.15, 0.2) is 5.82 Å². The minimum Gasteiger partial charge on any atom is -0.354 e. The van der Waals surface area contributed by atoms with Crippen molar-refractivity contribution in [2.24, 2.45) is 0 Å². The van der Waals surface area contributed by atoms with Crippen LogP contribution >= 0.6 is 11.3 Å². The van der Waals surface area contributed by atoms with Crippen molar-refractivity contribution in [3.63, 3.8) is 0 Å². The first-order valence-electron chi connectivity index (χ1n) is 20.7. The van der Waals surface area contributed by atoms with Gasteiger partial charge >= 0.3 is 0 Å². The molecular formula is C57H38N4S. The molecule has 0 spiro atoms. The predicted molar refractivity (Wildman–Crippen MR) is 261 cm³/mol. The highest BCUT2D eigenvalue weighted by Gasteiger charge is 2.24. The fourth-order valence-corrected chi connectivity index (χ4v) is 9.64. The number of nitrogens with zero attached hydrogens (tertiary/aromatic N) is 2. The van der Waals surface area contributed by atoms with Crippen LogP contribution in [0.15, 0.2) is 212 Å². The molecule has 2 aromatic heterocycles. The number of nitrogens with one attached hydrogen (secondary N) is 2. The highest BCUT2D eigenvalue weighted by molar-refractivity contribution is 7.25. The van der Waals surface area contributed by atoms with Crippen LogP contribution in [0.1, 0.15) is 27.8 Å². The molecule has 8 aromatic carbocycles. The quantitative estimate of drug-likeness (QED) is 0.150. The highest BCUT2D eigenvalue weighted by atomic mass is 32.1. The van der Waals surface area contributed by atoms with Crippen molar-refractivity contribution in [1.29, 1.82) is 5.41 Å². The topological polar surface area (TPSA) is 61.7 Å². The monoisotopic (exact) mass is 810 g/mol. The summed E-state index contributed by atoms with van der Waals surface area (Å²) >= 11 is 1.84. The first-order chi connectivity index (χ1) is 30.6. The lowest BCUT2D eigenvalue weighted by atomic mass is 9.87. The van der Waals surface area contributed by atoms with Gasteiger partial charge in [0.2, 0.25) is 0 Å². The molecule has 2 N–H and O–H groups in total. The maximum Gasteiger partial charge on any atom is 0.160 e. The van der Waals surface area contributed by atoms with Crippen LogP contribution in [0.3, 0.4) is 0 Å². The molecule has 0 amide bonds. The predicted octanol–water partition coefficient (Wildman–Crippen LogP) is 14.6. The van der Waals surface area contributed by atoms with Crippen LogP contribution in [0.25, 0.3) is 88.2 Å². The Bertz CT molecular complexity index is 3370. The van der Waals surface area contributed by atoms with Crippen molar-refractivity contribution in [3.8, 4) is 45.0 Å². The molecule has 0 unspecified atom stereocenters. The van der Waals surface area contributed by atoms with E-state index in [-0.39, 0.29) is 0 Å². The third-order valence-corrected chi connectivity index (χ3v) is 12.7. The van der Waals surface area contributed by atoms with Gasteiger partial charge in [0.25, 0.3) is 0 Å². The van der Waals surface area contributed by atoms with Crippen LogP contribution < -0.4 is 5.32 Å². The van der Waals surface area contributed by atoms with Gasteiger partial charge in [-0.3, -0.25) is 5.41 Å². The molecule has 0 bridgehead atoms. The van der Waals surface area contributed by atoms with Crippen molar-refractivity contribution < 1.29 is 0 Å². The number of rotatable bonds is 8. The number of hydrogen-bond acceptors (Lipinski definition) is 5. The van der Waals surface area contributed by atoms with Gasteiger partial charge in [-0.1, -0.05) is 188 Å². The Kier molecular flexibility index (Phi) is 9.49. The van der Waals surface area contributed by atoms with E-state index in [4.69, 9.17) is 9.97 Å². The summed E-state index contributed by atoms with van der Waals surface area (Å²) in [7, 11) is 0. The first kappa shape index (κ1) is 37.0. The minimum atomic E-state index is 0.437. The summed E-state index contributed by atoms with van der Waals surface area (Å²) in [5, 5.41) is 16.1. The number of thiophene rings is 1. The van der Waals surface area contributed by atoms with E-state index in [0.717, 1.165) is 78.4 Å². The third kappa shape index (κ3) is 6.90. The van der Waals surface area contributed by atoms with E-state index in [9.17, 15) is 5.41 Å². The molecule has 4 nitrogen and oxygen atoms in total. The van der Waals surface area contributed by atoms with Crippen molar-refractivity contribution in [1.82, 2.24) is 15.3 Å². The Balaban J connectivity index is 1.04. The zero-order valence-electron chi connectivity index (χ0n) is 33.6. The molecule has 3 heterocycles. The fraction of sp³-hybridized carbons (Fsp3) is 0. The minimum absolute atomic E-state index is 0.437. The smallest absolute Gasteiger partial charge is 0.160 e. The number of allylic oxidation sites excluding steroid dienone is 1. The Hall–Kier alpha value is -7.99. The van der Waals surface area contributed by atoms with E-state index in [1.165, 1.54) is 25.7 Å². The largest absolute Gasteiger partial charge is 0.354 e. The van der Waals surface area contributed by atoms with E-state index >= 15 is 0 Å². The molecule has 5 heteroatoms. The van der Waals surface area contributed by atoms with Crippen LogP contribution in [0.2, 0.25) is 0 Å². The van der Waals surface area contributed by atoms with E-state index in [2.05, 4.69) is 169 Å². The molecule has 0 fully saturated rings. The van der Waals surface area contributed by atoms with Gasteiger partial charge in [0.1, 0.15) is 0 Å². The SMILES string of the molecule is N=C(/C(=C1\NC(c2ccccc2)=Cc2ccccc21)c1ccc(-c2cc(-c3cccc(-c4cccc5sc6ccccc6c45)c3)nc(-c3ccccc3)n2)cc1)c1ccccc1. The number of benzene rings is 8. The molecule has 0 saturated carbocycles. The van der Waals surface area contributed by atoms with E-state index in [1.54, 1.807) is 0 Å². The Morgan fingerprint density at radius 3 is 1.84 bits per heavy atom. The maximum atomic E-state index is 9.75. The molecule has 0 saturated heterocycles. The van der Waals surface area contributed by atoms with Crippen LogP contribution in [0, 0.1) is 5.41 Å². The molecule has 0 atom stereocenters. The molecule has 1 aliphatic heterocycles. The summed E-state index contributed by atoms with van der Waals surface area (Å²) in [6.45, 7) is 0. The standard InChI is InChI=1S/C57H38N4S/c58-55(40-18-6-2-7-19-40)53(56-46-25-11-10-22-43(46)35-48(59-56)37-16-4-1-5-17-37)39-32-30-38(31-33-39)49-36-50(61-57(60-49)41-20-8-3-9-21-41)44-24-14-23-42(34-44)45-27-15-29-52-54(45)47-26-12-13-28-51(47)62-52/h1-36,58-59H/b56-53-,58-55?. The zero-order valence-corrected chi connectivity index (χ0v) is 34.4. The Labute approximate surface area is 364 Å². The third-order valence-electron chi connectivity index (χ3n) is 11.5. The second kappa shape index (κ2) is 15.9. The van der Waals surface area contributed by atoms with Gasteiger partial charge in [0.05, 0.1) is 22.8 Å². The second-order valence-corrected chi connectivity index (χ2v) is 16.5. The normalized spacial score (nSPS) is 13.0. The van der Waals surface area contributed by atoms with Gasteiger partial charge in [-0.2, -0.15) is 0 Å². The van der Waals surface area contributed by atoms with Crippen molar-refractivity contribution in [2.45, 2.75) is 0 Å². The molecule has 10 aromatic rings. The lowest BCUT2D eigenvalue weighted by Gasteiger charge is -2.26. The average molecular weight is 811 g/mol. The summed E-state index contributed by atoms with van der Waals surface area (Å²) in [5.74, 6) is 0.662. The van der Waals surface area contributed by atoms with Crippen molar-refractivity contribution in [2.75, 3.05) is 0 Å². The lowest BCUT2D eigenvalue weighted by molar-refractivity contribution is 1.18.